The zero-order valence-corrected chi connectivity index (χ0v) is 15.8. The lowest BCUT2D eigenvalue weighted by molar-refractivity contribution is 0.0950. The summed E-state index contributed by atoms with van der Waals surface area (Å²) in [4.78, 5) is 24.6. The number of carbonyl (C=O) groups excluding carboxylic acids is 2. The van der Waals surface area contributed by atoms with E-state index >= 15 is 0 Å². The molecule has 0 saturated heterocycles. The van der Waals surface area contributed by atoms with Crippen LogP contribution in [0.2, 0.25) is 0 Å². The van der Waals surface area contributed by atoms with Gasteiger partial charge >= 0.3 is 0 Å². The number of hydrogen-bond acceptors (Lipinski definition) is 3. The number of nitrogens with zero attached hydrogens (tertiary/aromatic N) is 2. The van der Waals surface area contributed by atoms with E-state index in [4.69, 9.17) is 0 Å². The molecular formula is C19H25FN4O2. The number of hydrogen-bond donors (Lipinski definition) is 2. The molecule has 1 heterocycles. The first-order valence-corrected chi connectivity index (χ1v) is 8.65. The first-order valence-electron chi connectivity index (χ1n) is 8.65. The summed E-state index contributed by atoms with van der Waals surface area (Å²) < 4.78 is 15.6. The number of aryl methyl sites for hydroxylation is 1. The molecule has 0 fully saturated rings. The van der Waals surface area contributed by atoms with Crippen LogP contribution >= 0.6 is 0 Å². The Kier molecular flexibility index (Phi) is 5.79. The predicted molar refractivity (Wildman–Crippen MR) is 99.0 cm³/mol. The second kappa shape index (κ2) is 7.68. The third kappa shape index (κ3) is 4.28. The second-order valence-corrected chi connectivity index (χ2v) is 6.97. The van der Waals surface area contributed by atoms with Gasteiger partial charge in [0.25, 0.3) is 11.8 Å². The fourth-order valence-electron chi connectivity index (χ4n) is 2.44. The van der Waals surface area contributed by atoms with Crippen molar-refractivity contribution in [3.63, 3.8) is 0 Å². The molecule has 0 aliphatic rings. The van der Waals surface area contributed by atoms with E-state index in [1.54, 1.807) is 17.8 Å². The third-order valence-corrected chi connectivity index (χ3v) is 3.86. The van der Waals surface area contributed by atoms with Gasteiger partial charge in [-0.3, -0.25) is 14.3 Å². The zero-order chi connectivity index (χ0) is 19.5. The first-order chi connectivity index (χ1) is 12.2. The van der Waals surface area contributed by atoms with Crippen LogP contribution in [0.1, 0.15) is 61.0 Å². The average Bonchev–Trinajstić information content (AvgIpc) is 3.01. The van der Waals surface area contributed by atoms with Gasteiger partial charge in [-0.15, -0.1) is 0 Å². The van der Waals surface area contributed by atoms with Crippen LogP contribution in [0.5, 0.6) is 0 Å². The van der Waals surface area contributed by atoms with Gasteiger partial charge in [0, 0.05) is 18.4 Å². The summed E-state index contributed by atoms with van der Waals surface area (Å²) in [5.74, 6) is -1.49. The molecule has 7 heteroatoms. The molecule has 140 valence electrons. The molecule has 0 bridgehead atoms. The minimum Gasteiger partial charge on any atom is -0.352 e. The first kappa shape index (κ1) is 19.6. The smallest absolute Gasteiger partial charge is 0.259 e. The monoisotopic (exact) mass is 360 g/mol. The highest BCUT2D eigenvalue weighted by Crippen LogP contribution is 2.20. The van der Waals surface area contributed by atoms with Gasteiger partial charge in [-0.1, -0.05) is 6.92 Å². The Hall–Kier alpha value is -2.70. The highest BCUT2D eigenvalue weighted by molar-refractivity contribution is 6.05. The summed E-state index contributed by atoms with van der Waals surface area (Å²) in [6, 6.07) is 3.92. The van der Waals surface area contributed by atoms with Crippen molar-refractivity contribution in [2.75, 3.05) is 11.9 Å². The largest absolute Gasteiger partial charge is 0.352 e. The zero-order valence-electron chi connectivity index (χ0n) is 15.8. The van der Waals surface area contributed by atoms with Crippen LogP contribution in [-0.2, 0) is 12.0 Å². The lowest BCUT2D eigenvalue weighted by atomic mass is 10.1. The van der Waals surface area contributed by atoms with Crippen molar-refractivity contribution in [3.05, 3.63) is 47.0 Å². The lowest BCUT2D eigenvalue weighted by Crippen LogP contribution is -2.24. The summed E-state index contributed by atoms with van der Waals surface area (Å²) in [6.07, 6.45) is 2.32. The molecule has 1 aromatic carbocycles. The fourth-order valence-corrected chi connectivity index (χ4v) is 2.44. The van der Waals surface area contributed by atoms with Gasteiger partial charge < -0.3 is 10.6 Å². The Morgan fingerprint density at radius 1 is 1.15 bits per heavy atom. The summed E-state index contributed by atoms with van der Waals surface area (Å²) in [7, 11) is 0. The van der Waals surface area contributed by atoms with Crippen molar-refractivity contribution in [2.24, 2.45) is 0 Å². The molecule has 2 amide bonds. The van der Waals surface area contributed by atoms with E-state index < -0.39 is 11.7 Å². The number of aromatic nitrogens is 2. The van der Waals surface area contributed by atoms with Crippen molar-refractivity contribution < 1.29 is 14.0 Å². The second-order valence-electron chi connectivity index (χ2n) is 6.97. The normalized spacial score (nSPS) is 11.3. The van der Waals surface area contributed by atoms with Crippen LogP contribution in [0.3, 0.4) is 0 Å². The van der Waals surface area contributed by atoms with Gasteiger partial charge in [-0.05, 0) is 52.3 Å². The Labute approximate surface area is 152 Å². The quantitative estimate of drug-likeness (QED) is 0.859. The molecule has 1 aromatic heterocycles. The molecule has 0 atom stereocenters. The highest BCUT2D eigenvalue weighted by Gasteiger charge is 2.21. The maximum Gasteiger partial charge on any atom is 0.259 e. The highest BCUT2D eigenvalue weighted by atomic mass is 19.1. The molecule has 0 unspecified atom stereocenters. The number of anilines is 1. The molecule has 0 radical (unpaired) electrons. The Balaban J connectivity index is 2.29. The topological polar surface area (TPSA) is 76.0 Å². The van der Waals surface area contributed by atoms with Gasteiger partial charge in [0.1, 0.15) is 5.82 Å². The summed E-state index contributed by atoms with van der Waals surface area (Å²) in [6.45, 7) is 10.1. The van der Waals surface area contributed by atoms with Crippen LogP contribution in [0.25, 0.3) is 0 Å². The average molecular weight is 360 g/mol. The van der Waals surface area contributed by atoms with E-state index in [2.05, 4.69) is 15.7 Å². The van der Waals surface area contributed by atoms with Gasteiger partial charge in [-0.2, -0.15) is 5.10 Å². The van der Waals surface area contributed by atoms with Crippen molar-refractivity contribution in [1.82, 2.24) is 15.1 Å². The number of rotatable bonds is 5. The standard InChI is InChI=1S/C19H25FN4O2/c1-6-16-14(11-24(23-16)19(3,4)5)18(26)22-12-8-9-15(20)13(10-12)17(25)21-7-2/h8-11H,6-7H2,1-5H3,(H,21,25)(H,22,26). The molecule has 2 N–H and O–H groups in total. The van der Waals surface area contributed by atoms with Gasteiger partial charge in [-0.25, -0.2) is 4.39 Å². The van der Waals surface area contributed by atoms with Gasteiger partial charge in [0.2, 0.25) is 0 Å². The van der Waals surface area contributed by atoms with E-state index in [0.717, 1.165) is 0 Å². The van der Waals surface area contributed by atoms with E-state index in [1.807, 2.05) is 27.7 Å². The maximum absolute atomic E-state index is 13.9. The molecule has 6 nitrogen and oxygen atoms in total. The molecule has 0 aliphatic carbocycles. The lowest BCUT2D eigenvalue weighted by Gasteiger charge is -2.18. The van der Waals surface area contributed by atoms with Crippen LogP contribution in [0.15, 0.2) is 24.4 Å². The minimum absolute atomic E-state index is 0.106. The summed E-state index contributed by atoms with van der Waals surface area (Å²) in [5.41, 5.74) is 1.15. The molecule has 2 rings (SSSR count). The SMILES string of the molecule is CCNC(=O)c1cc(NC(=O)c2cn(C(C)(C)C)nc2CC)ccc1F. The number of carbonyl (C=O) groups is 2. The van der Waals surface area contributed by atoms with Crippen molar-refractivity contribution in [1.29, 1.82) is 0 Å². The fraction of sp³-hybridized carbons (Fsp3) is 0.421. The Morgan fingerprint density at radius 3 is 2.42 bits per heavy atom. The summed E-state index contributed by atoms with van der Waals surface area (Å²) in [5, 5.41) is 9.75. The van der Waals surface area contributed by atoms with E-state index in [9.17, 15) is 14.0 Å². The minimum atomic E-state index is -0.635. The van der Waals surface area contributed by atoms with Crippen LogP contribution in [-0.4, -0.2) is 28.1 Å². The van der Waals surface area contributed by atoms with Crippen LogP contribution < -0.4 is 10.6 Å². The maximum atomic E-state index is 13.9. The molecular weight excluding hydrogens is 335 g/mol. The Bertz CT molecular complexity index is 821. The van der Waals surface area contributed by atoms with Gasteiger partial charge in [0.15, 0.2) is 0 Å². The number of amides is 2. The molecule has 0 aliphatic heterocycles. The molecule has 0 spiro atoms. The van der Waals surface area contributed by atoms with Crippen molar-refractivity contribution in [3.8, 4) is 0 Å². The van der Waals surface area contributed by atoms with Crippen LogP contribution in [0, 0.1) is 5.82 Å². The van der Waals surface area contributed by atoms with E-state index in [1.165, 1.54) is 18.2 Å². The predicted octanol–water partition coefficient (Wildman–Crippen LogP) is 3.34. The third-order valence-electron chi connectivity index (χ3n) is 3.86. The van der Waals surface area contributed by atoms with Crippen LogP contribution in [0.4, 0.5) is 10.1 Å². The number of nitrogens with one attached hydrogen (secondary N) is 2. The van der Waals surface area contributed by atoms with E-state index in [-0.39, 0.29) is 17.0 Å². The van der Waals surface area contributed by atoms with Crippen molar-refractivity contribution in [2.45, 2.75) is 46.6 Å². The van der Waals surface area contributed by atoms with E-state index in [0.29, 0.717) is 29.9 Å². The van der Waals surface area contributed by atoms with Gasteiger partial charge in [0.05, 0.1) is 22.4 Å². The molecule has 2 aromatic rings. The number of benzene rings is 1. The number of halogens is 1. The Morgan fingerprint density at radius 2 is 1.85 bits per heavy atom. The molecule has 26 heavy (non-hydrogen) atoms. The van der Waals surface area contributed by atoms with Crippen molar-refractivity contribution >= 4 is 17.5 Å². The molecule has 0 saturated carbocycles. The summed E-state index contributed by atoms with van der Waals surface area (Å²) >= 11 is 0.